The predicted octanol–water partition coefficient (Wildman–Crippen LogP) is 2.13. The minimum Gasteiger partial charge on any atom is -0.361 e. The first kappa shape index (κ1) is 16.7. The normalized spacial score (nSPS) is 24.4. The Labute approximate surface area is 150 Å². The summed E-state index contributed by atoms with van der Waals surface area (Å²) in [4.78, 5) is 9.22. The standard InChI is InChI=1S/C18H27N5OSi/c1-12-7-13(19)8-14(12)16-9-20-17-10-21-18-15(23(16)17)3-4-22(18)11-24-5-6-25-2/h3-4,9-10,12-14H,5-8,11,19,25H2,1-2H3. The summed E-state index contributed by atoms with van der Waals surface area (Å²) in [5.41, 5.74) is 10.4. The van der Waals surface area contributed by atoms with E-state index in [9.17, 15) is 0 Å². The van der Waals surface area contributed by atoms with E-state index in [0.717, 1.165) is 36.3 Å². The van der Waals surface area contributed by atoms with Crippen molar-refractivity contribution >= 4 is 26.3 Å². The lowest BCUT2D eigenvalue weighted by atomic mass is 9.95. The van der Waals surface area contributed by atoms with Crippen LogP contribution in [0, 0.1) is 5.92 Å². The van der Waals surface area contributed by atoms with Gasteiger partial charge in [0, 0.05) is 46.2 Å². The van der Waals surface area contributed by atoms with E-state index in [1.54, 1.807) is 0 Å². The summed E-state index contributed by atoms with van der Waals surface area (Å²) in [6, 6.07) is 3.64. The molecule has 3 aromatic heterocycles. The van der Waals surface area contributed by atoms with Gasteiger partial charge in [-0.25, -0.2) is 9.97 Å². The molecule has 0 aliphatic heterocycles. The van der Waals surface area contributed by atoms with Crippen molar-refractivity contribution in [1.82, 2.24) is 18.9 Å². The average molecular weight is 358 g/mol. The van der Waals surface area contributed by atoms with E-state index >= 15 is 0 Å². The highest BCUT2D eigenvalue weighted by atomic mass is 28.2. The fraction of sp³-hybridized carbons (Fsp3) is 0.556. The number of fused-ring (bicyclic) bond motifs is 3. The first-order valence-corrected chi connectivity index (χ1v) is 11.7. The molecule has 0 saturated heterocycles. The molecule has 3 heterocycles. The van der Waals surface area contributed by atoms with Crippen molar-refractivity contribution in [2.24, 2.45) is 11.7 Å². The van der Waals surface area contributed by atoms with Crippen molar-refractivity contribution in [2.75, 3.05) is 6.61 Å². The molecule has 25 heavy (non-hydrogen) atoms. The van der Waals surface area contributed by atoms with Gasteiger partial charge in [-0.2, -0.15) is 0 Å². The number of hydrogen-bond acceptors (Lipinski definition) is 4. The van der Waals surface area contributed by atoms with Crippen molar-refractivity contribution in [3.8, 4) is 0 Å². The molecule has 2 N–H and O–H groups in total. The monoisotopic (exact) mass is 357 g/mol. The molecule has 0 radical (unpaired) electrons. The summed E-state index contributed by atoms with van der Waals surface area (Å²) >= 11 is 0. The molecule has 3 unspecified atom stereocenters. The van der Waals surface area contributed by atoms with Crippen molar-refractivity contribution in [3.63, 3.8) is 0 Å². The van der Waals surface area contributed by atoms with Crippen LogP contribution in [0.4, 0.5) is 0 Å². The molecular weight excluding hydrogens is 330 g/mol. The molecule has 6 nitrogen and oxygen atoms in total. The first-order valence-electron chi connectivity index (χ1n) is 9.33. The Kier molecular flexibility index (Phi) is 4.62. The zero-order valence-corrected chi connectivity index (χ0v) is 16.5. The second-order valence-electron chi connectivity index (χ2n) is 7.34. The van der Waals surface area contributed by atoms with Crippen LogP contribution in [0.15, 0.2) is 24.7 Å². The highest BCUT2D eigenvalue weighted by Crippen LogP contribution is 2.39. The second-order valence-corrected chi connectivity index (χ2v) is 9.04. The number of imidazole rings is 1. The average Bonchev–Trinajstić information content (AvgIpc) is 3.27. The van der Waals surface area contributed by atoms with Crippen LogP contribution in [0.1, 0.15) is 31.4 Å². The molecule has 0 aromatic carbocycles. The van der Waals surface area contributed by atoms with Crippen LogP contribution < -0.4 is 5.73 Å². The van der Waals surface area contributed by atoms with E-state index in [-0.39, 0.29) is 9.52 Å². The van der Waals surface area contributed by atoms with Crippen LogP contribution in [-0.2, 0) is 11.5 Å². The number of nitrogens with zero attached hydrogens (tertiary/aromatic N) is 4. The number of aromatic nitrogens is 4. The van der Waals surface area contributed by atoms with Gasteiger partial charge in [0.15, 0.2) is 11.3 Å². The third kappa shape index (κ3) is 3.00. The Balaban J connectivity index is 1.71. The van der Waals surface area contributed by atoms with Crippen molar-refractivity contribution in [2.45, 2.75) is 51.0 Å². The summed E-state index contributed by atoms with van der Waals surface area (Å²) in [7, 11) is 0.0691. The Bertz CT molecular complexity index is 873. The smallest absolute Gasteiger partial charge is 0.159 e. The van der Waals surface area contributed by atoms with Crippen LogP contribution in [0.25, 0.3) is 16.8 Å². The molecule has 4 rings (SSSR count). The second kappa shape index (κ2) is 6.90. The lowest BCUT2D eigenvalue weighted by Gasteiger charge is -2.15. The van der Waals surface area contributed by atoms with Crippen LogP contribution in [0.5, 0.6) is 0 Å². The maximum Gasteiger partial charge on any atom is 0.159 e. The molecule has 3 atom stereocenters. The Hall–Kier alpha value is -1.70. The summed E-state index contributed by atoms with van der Waals surface area (Å²) < 4.78 is 10.1. The number of rotatable bonds is 6. The van der Waals surface area contributed by atoms with E-state index in [1.807, 2.05) is 12.4 Å². The molecule has 1 aliphatic rings. The fourth-order valence-corrected chi connectivity index (χ4v) is 4.60. The van der Waals surface area contributed by atoms with Crippen molar-refractivity contribution in [1.29, 1.82) is 0 Å². The lowest BCUT2D eigenvalue weighted by molar-refractivity contribution is 0.0905. The summed E-state index contributed by atoms with van der Waals surface area (Å²) in [5.74, 6) is 1.05. The van der Waals surface area contributed by atoms with Gasteiger partial charge in [-0.15, -0.1) is 0 Å². The number of ether oxygens (including phenoxy) is 1. The van der Waals surface area contributed by atoms with E-state index in [4.69, 9.17) is 10.5 Å². The predicted molar refractivity (Wildman–Crippen MR) is 103 cm³/mol. The zero-order chi connectivity index (χ0) is 17.4. The van der Waals surface area contributed by atoms with Gasteiger partial charge in [0.1, 0.15) is 6.73 Å². The molecule has 134 valence electrons. The Morgan fingerprint density at radius 3 is 2.96 bits per heavy atom. The molecule has 0 spiro atoms. The molecule has 3 aromatic rings. The highest BCUT2D eigenvalue weighted by Gasteiger charge is 2.32. The summed E-state index contributed by atoms with van der Waals surface area (Å²) in [5, 5.41) is 0. The molecule has 7 heteroatoms. The van der Waals surface area contributed by atoms with Crippen LogP contribution in [-0.4, -0.2) is 41.1 Å². The van der Waals surface area contributed by atoms with E-state index in [1.165, 1.54) is 11.7 Å². The summed E-state index contributed by atoms with van der Waals surface area (Å²) in [6.07, 6.45) is 8.05. The van der Waals surface area contributed by atoms with Crippen LogP contribution in [0.3, 0.4) is 0 Å². The van der Waals surface area contributed by atoms with Crippen molar-refractivity contribution < 1.29 is 4.74 Å². The Morgan fingerprint density at radius 2 is 2.20 bits per heavy atom. The van der Waals surface area contributed by atoms with Gasteiger partial charge in [0.05, 0.1) is 11.7 Å². The maximum atomic E-state index is 6.20. The lowest BCUT2D eigenvalue weighted by Crippen LogP contribution is -2.14. The minimum atomic E-state index is 0.0691. The van der Waals surface area contributed by atoms with Gasteiger partial charge in [-0.3, -0.25) is 4.40 Å². The third-order valence-electron chi connectivity index (χ3n) is 5.44. The molecule has 1 aliphatic carbocycles. The zero-order valence-electron chi connectivity index (χ0n) is 15.1. The van der Waals surface area contributed by atoms with Gasteiger partial charge >= 0.3 is 0 Å². The van der Waals surface area contributed by atoms with Gasteiger partial charge < -0.3 is 15.0 Å². The van der Waals surface area contributed by atoms with Gasteiger partial charge in [-0.05, 0) is 30.9 Å². The number of hydrogen-bond donors (Lipinski definition) is 1. The van der Waals surface area contributed by atoms with Gasteiger partial charge in [-0.1, -0.05) is 13.5 Å². The molecular formula is C18H27N5OSi. The number of nitrogens with two attached hydrogens (primary N) is 1. The van der Waals surface area contributed by atoms with Gasteiger partial charge in [0.25, 0.3) is 0 Å². The van der Waals surface area contributed by atoms with Crippen molar-refractivity contribution in [3.05, 3.63) is 30.4 Å². The fourth-order valence-electron chi connectivity index (χ4n) is 4.10. The SMILES string of the molecule is C[SiH2]CCOCn1ccc2c1ncc1ncc(C3CC(N)CC3C)n12. The summed E-state index contributed by atoms with van der Waals surface area (Å²) in [6.45, 7) is 6.01. The molecule has 1 saturated carbocycles. The molecule has 0 bridgehead atoms. The van der Waals surface area contributed by atoms with Crippen LogP contribution in [0.2, 0.25) is 12.6 Å². The quantitative estimate of drug-likeness (QED) is 0.542. The molecule has 0 amide bonds. The van der Waals surface area contributed by atoms with Gasteiger partial charge in [0.2, 0.25) is 0 Å². The first-order chi connectivity index (χ1) is 12.2. The highest BCUT2D eigenvalue weighted by molar-refractivity contribution is 6.33. The third-order valence-corrected chi connectivity index (χ3v) is 6.44. The van der Waals surface area contributed by atoms with E-state index in [2.05, 4.69) is 44.7 Å². The minimum absolute atomic E-state index is 0.0691. The Morgan fingerprint density at radius 1 is 1.32 bits per heavy atom. The van der Waals surface area contributed by atoms with E-state index in [0.29, 0.717) is 24.6 Å². The largest absolute Gasteiger partial charge is 0.361 e. The van der Waals surface area contributed by atoms with E-state index < -0.39 is 0 Å². The van der Waals surface area contributed by atoms with Crippen LogP contribution >= 0.6 is 0 Å². The maximum absolute atomic E-state index is 6.20. The topological polar surface area (TPSA) is 70.4 Å². The molecule has 1 fully saturated rings.